The molecule has 6 nitrogen and oxygen atoms in total. The molecule has 2 aromatic heterocycles. The van der Waals surface area contributed by atoms with E-state index in [1.807, 2.05) is 9.47 Å². The first-order chi connectivity index (χ1) is 9.04. The summed E-state index contributed by atoms with van der Waals surface area (Å²) in [5, 5.41) is 14.5. The highest BCUT2D eigenvalue weighted by Crippen LogP contribution is 2.28. The van der Waals surface area contributed by atoms with Crippen LogP contribution in [0.4, 0.5) is 19.0 Å². The fraction of sp³-hybridized carbons (Fsp3) is 0.400. The summed E-state index contributed by atoms with van der Waals surface area (Å²) in [6.07, 6.45) is -2.83. The van der Waals surface area contributed by atoms with Crippen molar-refractivity contribution in [1.82, 2.24) is 25.0 Å². The number of nitrogens with zero attached hydrogens (tertiary/aromatic N) is 6. The Balaban J connectivity index is 1.81. The molecule has 0 amide bonds. The Kier molecular flexibility index (Phi) is 2.61. The third kappa shape index (κ3) is 2.23. The van der Waals surface area contributed by atoms with E-state index in [-0.39, 0.29) is 0 Å². The summed E-state index contributed by atoms with van der Waals surface area (Å²) in [6, 6.07) is 2.25. The summed E-state index contributed by atoms with van der Waals surface area (Å²) in [4.78, 5) is 1.82. The largest absolute Gasteiger partial charge is 0.435 e. The SMILES string of the molecule is FC(F)(F)c1ccc(N2CCn3cnnc3C2)nn1. The smallest absolute Gasteiger partial charge is 0.346 e. The number of fused-ring (bicyclic) bond motifs is 1. The van der Waals surface area contributed by atoms with Crippen LogP contribution in [0.15, 0.2) is 18.5 Å². The zero-order chi connectivity index (χ0) is 13.5. The number of alkyl halides is 3. The molecule has 3 heterocycles. The molecule has 3 rings (SSSR count). The molecule has 9 heteroatoms. The third-order valence-electron chi connectivity index (χ3n) is 2.90. The zero-order valence-electron chi connectivity index (χ0n) is 9.67. The highest BCUT2D eigenvalue weighted by atomic mass is 19.4. The van der Waals surface area contributed by atoms with Crippen LogP contribution < -0.4 is 4.90 Å². The number of halogens is 3. The standard InChI is InChI=1S/C10H9F3N6/c11-10(12,13)7-1-2-8(17-15-7)18-3-4-19-6-14-16-9(19)5-18/h1-2,6H,3-5H2. The monoisotopic (exact) mass is 270 g/mol. The minimum atomic E-state index is -4.46. The van der Waals surface area contributed by atoms with E-state index in [1.165, 1.54) is 6.07 Å². The van der Waals surface area contributed by atoms with E-state index in [0.717, 1.165) is 11.9 Å². The lowest BCUT2D eigenvalue weighted by Crippen LogP contribution is -2.34. The van der Waals surface area contributed by atoms with Crippen LogP contribution in [0.5, 0.6) is 0 Å². The fourth-order valence-electron chi connectivity index (χ4n) is 1.91. The van der Waals surface area contributed by atoms with Crippen LogP contribution >= 0.6 is 0 Å². The molecule has 0 aliphatic carbocycles. The number of rotatable bonds is 1. The molecule has 0 saturated carbocycles. The van der Waals surface area contributed by atoms with Crippen LogP contribution in [-0.2, 0) is 19.3 Å². The molecular formula is C10H9F3N6. The van der Waals surface area contributed by atoms with Gasteiger partial charge in [0, 0.05) is 13.1 Å². The molecule has 0 N–H and O–H groups in total. The molecule has 0 aromatic carbocycles. The molecule has 0 spiro atoms. The minimum absolute atomic E-state index is 0.405. The van der Waals surface area contributed by atoms with Gasteiger partial charge in [-0.15, -0.1) is 20.4 Å². The van der Waals surface area contributed by atoms with Gasteiger partial charge in [0.1, 0.15) is 6.33 Å². The average molecular weight is 270 g/mol. The predicted molar refractivity (Wildman–Crippen MR) is 58.1 cm³/mol. The lowest BCUT2D eigenvalue weighted by atomic mass is 10.3. The van der Waals surface area contributed by atoms with Crippen LogP contribution in [0.3, 0.4) is 0 Å². The second kappa shape index (κ2) is 4.18. The second-order valence-corrected chi connectivity index (χ2v) is 4.14. The summed E-state index contributed by atoms with van der Waals surface area (Å²) in [6.45, 7) is 1.76. The number of hydrogen-bond acceptors (Lipinski definition) is 5. The van der Waals surface area contributed by atoms with E-state index < -0.39 is 11.9 Å². The minimum Gasteiger partial charge on any atom is -0.346 e. The van der Waals surface area contributed by atoms with Gasteiger partial charge in [-0.2, -0.15) is 13.2 Å². The van der Waals surface area contributed by atoms with Crippen LogP contribution in [0.25, 0.3) is 0 Å². The van der Waals surface area contributed by atoms with E-state index in [0.29, 0.717) is 25.5 Å². The van der Waals surface area contributed by atoms with E-state index in [4.69, 9.17) is 0 Å². The van der Waals surface area contributed by atoms with Crippen molar-refractivity contribution in [2.75, 3.05) is 11.4 Å². The van der Waals surface area contributed by atoms with Gasteiger partial charge >= 0.3 is 6.18 Å². The van der Waals surface area contributed by atoms with Crippen molar-refractivity contribution < 1.29 is 13.2 Å². The second-order valence-electron chi connectivity index (χ2n) is 4.14. The third-order valence-corrected chi connectivity index (χ3v) is 2.90. The van der Waals surface area contributed by atoms with Gasteiger partial charge < -0.3 is 9.47 Å². The molecule has 0 fully saturated rings. The van der Waals surface area contributed by atoms with Crippen LogP contribution in [0, 0.1) is 0 Å². The molecule has 100 valence electrons. The van der Waals surface area contributed by atoms with Gasteiger partial charge in [-0.25, -0.2) is 0 Å². The molecular weight excluding hydrogens is 261 g/mol. The topological polar surface area (TPSA) is 59.7 Å². The fourth-order valence-corrected chi connectivity index (χ4v) is 1.91. The Morgan fingerprint density at radius 2 is 1.89 bits per heavy atom. The van der Waals surface area contributed by atoms with Gasteiger partial charge in [0.2, 0.25) is 0 Å². The summed E-state index contributed by atoms with van der Waals surface area (Å²) in [7, 11) is 0. The zero-order valence-corrected chi connectivity index (χ0v) is 9.67. The van der Waals surface area contributed by atoms with Gasteiger partial charge in [0.25, 0.3) is 0 Å². The van der Waals surface area contributed by atoms with Crippen molar-refractivity contribution in [1.29, 1.82) is 0 Å². The molecule has 1 aliphatic heterocycles. The Morgan fingerprint density at radius 1 is 1.05 bits per heavy atom. The van der Waals surface area contributed by atoms with Gasteiger partial charge in [0.15, 0.2) is 17.3 Å². The van der Waals surface area contributed by atoms with Gasteiger partial charge in [0.05, 0.1) is 6.54 Å². The maximum atomic E-state index is 12.4. The summed E-state index contributed by atoms with van der Waals surface area (Å²) < 4.78 is 39.0. The average Bonchev–Trinajstić information content (AvgIpc) is 2.85. The summed E-state index contributed by atoms with van der Waals surface area (Å²) >= 11 is 0. The molecule has 19 heavy (non-hydrogen) atoms. The number of aromatic nitrogens is 5. The Labute approximate surface area is 105 Å². The van der Waals surface area contributed by atoms with Crippen LogP contribution in [0.1, 0.15) is 11.5 Å². The maximum absolute atomic E-state index is 12.4. The summed E-state index contributed by atoms with van der Waals surface area (Å²) in [5.74, 6) is 1.16. The van der Waals surface area contributed by atoms with E-state index in [1.54, 1.807) is 6.33 Å². The van der Waals surface area contributed by atoms with Crippen LogP contribution in [0.2, 0.25) is 0 Å². The first-order valence-electron chi connectivity index (χ1n) is 5.56. The van der Waals surface area contributed by atoms with Crippen molar-refractivity contribution in [3.8, 4) is 0 Å². The Bertz CT molecular complexity index is 576. The van der Waals surface area contributed by atoms with Crippen molar-refractivity contribution in [2.45, 2.75) is 19.3 Å². The van der Waals surface area contributed by atoms with E-state index in [2.05, 4.69) is 20.4 Å². The van der Waals surface area contributed by atoms with Gasteiger partial charge in [-0.05, 0) is 12.1 Å². The van der Waals surface area contributed by atoms with Crippen molar-refractivity contribution >= 4 is 5.82 Å². The maximum Gasteiger partial charge on any atom is 0.435 e. The number of hydrogen-bond donors (Lipinski definition) is 0. The van der Waals surface area contributed by atoms with Crippen molar-refractivity contribution in [2.24, 2.45) is 0 Å². The molecule has 1 aliphatic rings. The molecule has 0 radical (unpaired) electrons. The van der Waals surface area contributed by atoms with Gasteiger partial charge in [-0.3, -0.25) is 0 Å². The molecule has 0 unspecified atom stereocenters. The first-order valence-corrected chi connectivity index (χ1v) is 5.56. The highest BCUT2D eigenvalue weighted by molar-refractivity contribution is 5.38. The Morgan fingerprint density at radius 3 is 2.58 bits per heavy atom. The van der Waals surface area contributed by atoms with Crippen LogP contribution in [-0.4, -0.2) is 31.5 Å². The van der Waals surface area contributed by atoms with Crippen molar-refractivity contribution in [3.05, 3.63) is 30.0 Å². The van der Waals surface area contributed by atoms with Crippen molar-refractivity contribution in [3.63, 3.8) is 0 Å². The van der Waals surface area contributed by atoms with Gasteiger partial charge in [-0.1, -0.05) is 0 Å². The lowest BCUT2D eigenvalue weighted by Gasteiger charge is -2.27. The highest BCUT2D eigenvalue weighted by Gasteiger charge is 2.33. The Hall–Kier alpha value is -2.19. The molecule has 0 atom stereocenters. The first kappa shape index (κ1) is 11.9. The normalized spacial score (nSPS) is 15.4. The quantitative estimate of drug-likeness (QED) is 0.776. The number of anilines is 1. The van der Waals surface area contributed by atoms with E-state index >= 15 is 0 Å². The lowest BCUT2D eigenvalue weighted by molar-refractivity contribution is -0.141. The summed E-state index contributed by atoms with van der Waals surface area (Å²) in [5.41, 5.74) is -0.989. The molecule has 2 aromatic rings. The predicted octanol–water partition coefficient (Wildman–Crippen LogP) is 1.11. The molecule has 0 bridgehead atoms. The van der Waals surface area contributed by atoms with E-state index in [9.17, 15) is 13.2 Å². The molecule has 0 saturated heterocycles.